The topological polar surface area (TPSA) is 52.6 Å². The highest BCUT2D eigenvalue weighted by Gasteiger charge is 2.32. The standard InChI is InChI=1S/C14H17F3N2O2/c1-3-6-19(7-8-20)13(21)18-11-5-4-10(2)12(9-11)14(15,16)17/h3-5,9,20H,1,6-8H2,2H3,(H,18,21). The number of nitrogens with zero attached hydrogens (tertiary/aromatic N) is 1. The summed E-state index contributed by atoms with van der Waals surface area (Å²) in [7, 11) is 0. The fraction of sp³-hybridized carbons (Fsp3) is 0.357. The first-order valence-corrected chi connectivity index (χ1v) is 6.25. The molecule has 0 fully saturated rings. The molecule has 0 atom stereocenters. The van der Waals surface area contributed by atoms with Crippen LogP contribution in [-0.4, -0.2) is 35.7 Å². The number of alkyl halides is 3. The van der Waals surface area contributed by atoms with Crippen LogP contribution in [0.15, 0.2) is 30.9 Å². The van der Waals surface area contributed by atoms with Crippen molar-refractivity contribution in [3.8, 4) is 0 Å². The summed E-state index contributed by atoms with van der Waals surface area (Å²) < 4.78 is 38.4. The van der Waals surface area contributed by atoms with Crippen LogP contribution < -0.4 is 5.32 Å². The summed E-state index contributed by atoms with van der Waals surface area (Å²) in [6.45, 7) is 4.83. The molecule has 0 heterocycles. The first-order chi connectivity index (χ1) is 9.79. The lowest BCUT2D eigenvalue weighted by Crippen LogP contribution is -2.37. The third-order valence-electron chi connectivity index (χ3n) is 2.80. The van der Waals surface area contributed by atoms with Gasteiger partial charge in [0.05, 0.1) is 12.2 Å². The molecule has 2 amide bonds. The first-order valence-electron chi connectivity index (χ1n) is 6.25. The van der Waals surface area contributed by atoms with Crippen molar-refractivity contribution in [3.05, 3.63) is 42.0 Å². The molecule has 0 aliphatic rings. The van der Waals surface area contributed by atoms with Crippen LogP contribution in [0.4, 0.5) is 23.7 Å². The molecule has 0 aliphatic heterocycles. The van der Waals surface area contributed by atoms with Crippen molar-refractivity contribution in [2.24, 2.45) is 0 Å². The molecular formula is C14H17F3N2O2. The van der Waals surface area contributed by atoms with Crippen LogP contribution in [0.25, 0.3) is 0 Å². The number of nitrogens with one attached hydrogen (secondary N) is 1. The van der Waals surface area contributed by atoms with Crippen molar-refractivity contribution < 1.29 is 23.1 Å². The first kappa shape index (κ1) is 17.0. The number of benzene rings is 1. The molecule has 2 N–H and O–H groups in total. The van der Waals surface area contributed by atoms with Gasteiger partial charge in [-0.3, -0.25) is 0 Å². The number of rotatable bonds is 5. The Morgan fingerprint density at radius 1 is 1.48 bits per heavy atom. The molecule has 1 aromatic rings. The van der Waals surface area contributed by atoms with E-state index in [2.05, 4.69) is 11.9 Å². The van der Waals surface area contributed by atoms with E-state index in [1.807, 2.05) is 0 Å². The predicted octanol–water partition coefficient (Wildman–Crippen LogP) is 3.03. The minimum atomic E-state index is -4.48. The van der Waals surface area contributed by atoms with E-state index in [4.69, 9.17) is 5.11 Å². The van der Waals surface area contributed by atoms with E-state index in [1.54, 1.807) is 0 Å². The van der Waals surface area contributed by atoms with Crippen LogP contribution in [-0.2, 0) is 6.18 Å². The molecule has 0 radical (unpaired) electrons. The number of carbonyl (C=O) groups is 1. The largest absolute Gasteiger partial charge is 0.416 e. The van der Waals surface area contributed by atoms with E-state index < -0.39 is 17.8 Å². The number of aryl methyl sites for hydroxylation is 1. The highest BCUT2D eigenvalue weighted by molar-refractivity contribution is 5.89. The molecule has 116 valence electrons. The van der Waals surface area contributed by atoms with E-state index in [1.165, 1.54) is 30.0 Å². The Balaban J connectivity index is 2.92. The van der Waals surface area contributed by atoms with Gasteiger partial charge in [-0.25, -0.2) is 4.79 Å². The second-order valence-corrected chi connectivity index (χ2v) is 4.42. The third kappa shape index (κ3) is 4.78. The fourth-order valence-electron chi connectivity index (χ4n) is 1.76. The Morgan fingerprint density at radius 3 is 2.67 bits per heavy atom. The number of urea groups is 1. The monoisotopic (exact) mass is 302 g/mol. The van der Waals surface area contributed by atoms with Gasteiger partial charge in [-0.15, -0.1) is 6.58 Å². The number of hydrogen-bond acceptors (Lipinski definition) is 2. The van der Waals surface area contributed by atoms with Gasteiger partial charge in [-0.2, -0.15) is 13.2 Å². The molecule has 1 aromatic carbocycles. The molecule has 4 nitrogen and oxygen atoms in total. The Bertz CT molecular complexity index is 515. The number of hydrogen-bond donors (Lipinski definition) is 2. The van der Waals surface area contributed by atoms with Gasteiger partial charge in [-0.05, 0) is 24.6 Å². The van der Waals surface area contributed by atoms with Crippen molar-refractivity contribution in [3.63, 3.8) is 0 Å². The Labute approximate surface area is 120 Å². The van der Waals surface area contributed by atoms with Gasteiger partial charge in [0.2, 0.25) is 0 Å². The predicted molar refractivity (Wildman–Crippen MR) is 74.1 cm³/mol. The number of halogens is 3. The quantitative estimate of drug-likeness (QED) is 0.821. The number of aliphatic hydroxyl groups is 1. The van der Waals surface area contributed by atoms with Crippen molar-refractivity contribution in [2.75, 3.05) is 25.0 Å². The molecule has 1 rings (SSSR count). The van der Waals surface area contributed by atoms with E-state index in [0.717, 1.165) is 6.07 Å². The number of carbonyl (C=O) groups excluding carboxylic acids is 1. The van der Waals surface area contributed by atoms with Gasteiger partial charge in [0, 0.05) is 18.8 Å². The third-order valence-corrected chi connectivity index (χ3v) is 2.80. The SMILES string of the molecule is C=CCN(CCO)C(=O)Nc1ccc(C)c(C(F)(F)F)c1. The Hall–Kier alpha value is -2.02. The summed E-state index contributed by atoms with van der Waals surface area (Å²) in [4.78, 5) is 13.1. The molecular weight excluding hydrogens is 285 g/mol. The zero-order valence-corrected chi connectivity index (χ0v) is 11.6. The van der Waals surface area contributed by atoms with Gasteiger partial charge < -0.3 is 15.3 Å². The van der Waals surface area contributed by atoms with Gasteiger partial charge in [0.25, 0.3) is 0 Å². The summed E-state index contributed by atoms with van der Waals surface area (Å²) in [5.41, 5.74) is -0.665. The van der Waals surface area contributed by atoms with Crippen LogP contribution in [0, 0.1) is 6.92 Å². The lowest BCUT2D eigenvalue weighted by Gasteiger charge is -2.21. The van der Waals surface area contributed by atoms with Gasteiger partial charge in [0.1, 0.15) is 0 Å². The molecule has 0 saturated carbocycles. The van der Waals surface area contributed by atoms with Crippen molar-refractivity contribution in [1.29, 1.82) is 0 Å². The van der Waals surface area contributed by atoms with Crippen LogP contribution in [0.1, 0.15) is 11.1 Å². The molecule has 0 spiro atoms. The lowest BCUT2D eigenvalue weighted by molar-refractivity contribution is -0.138. The maximum atomic E-state index is 12.8. The zero-order valence-electron chi connectivity index (χ0n) is 11.6. The summed E-state index contributed by atoms with van der Waals surface area (Å²) >= 11 is 0. The van der Waals surface area contributed by atoms with E-state index in [0.29, 0.717) is 0 Å². The summed E-state index contributed by atoms with van der Waals surface area (Å²) in [6, 6.07) is 2.98. The maximum Gasteiger partial charge on any atom is 0.416 e. The second kappa shape index (κ2) is 7.12. The van der Waals surface area contributed by atoms with Crippen LogP contribution in [0.2, 0.25) is 0 Å². The maximum absolute atomic E-state index is 12.8. The van der Waals surface area contributed by atoms with E-state index in [9.17, 15) is 18.0 Å². The van der Waals surface area contributed by atoms with E-state index in [-0.39, 0.29) is 30.9 Å². The van der Waals surface area contributed by atoms with Crippen molar-refractivity contribution in [2.45, 2.75) is 13.1 Å². The molecule has 0 aromatic heterocycles. The Morgan fingerprint density at radius 2 is 2.14 bits per heavy atom. The average molecular weight is 302 g/mol. The van der Waals surface area contributed by atoms with Gasteiger partial charge in [0.15, 0.2) is 0 Å². The molecule has 0 saturated heterocycles. The van der Waals surface area contributed by atoms with Crippen molar-refractivity contribution >= 4 is 11.7 Å². The minimum absolute atomic E-state index is 0.0462. The minimum Gasteiger partial charge on any atom is -0.395 e. The smallest absolute Gasteiger partial charge is 0.395 e. The molecule has 21 heavy (non-hydrogen) atoms. The van der Waals surface area contributed by atoms with Gasteiger partial charge >= 0.3 is 12.2 Å². The van der Waals surface area contributed by atoms with Crippen LogP contribution in [0.3, 0.4) is 0 Å². The van der Waals surface area contributed by atoms with Gasteiger partial charge in [-0.1, -0.05) is 12.1 Å². The summed E-state index contributed by atoms with van der Waals surface area (Å²) in [5.74, 6) is 0. The number of anilines is 1. The molecule has 0 bridgehead atoms. The Kier molecular flexibility index (Phi) is 5.78. The normalized spacial score (nSPS) is 11.1. The number of amides is 2. The average Bonchev–Trinajstić information content (AvgIpc) is 2.39. The van der Waals surface area contributed by atoms with Crippen LogP contribution in [0.5, 0.6) is 0 Å². The van der Waals surface area contributed by atoms with Crippen LogP contribution >= 0.6 is 0 Å². The summed E-state index contributed by atoms with van der Waals surface area (Å²) in [5, 5.41) is 11.2. The molecule has 7 heteroatoms. The zero-order chi connectivity index (χ0) is 16.0. The second-order valence-electron chi connectivity index (χ2n) is 4.42. The van der Waals surface area contributed by atoms with E-state index >= 15 is 0 Å². The van der Waals surface area contributed by atoms with Crippen molar-refractivity contribution in [1.82, 2.24) is 4.90 Å². The molecule has 0 unspecified atom stereocenters. The molecule has 0 aliphatic carbocycles. The summed E-state index contributed by atoms with van der Waals surface area (Å²) in [6.07, 6.45) is -3.01. The fourth-order valence-corrected chi connectivity index (χ4v) is 1.76. The highest BCUT2D eigenvalue weighted by atomic mass is 19.4. The lowest BCUT2D eigenvalue weighted by atomic mass is 10.1. The number of aliphatic hydroxyl groups excluding tert-OH is 1. The highest BCUT2D eigenvalue weighted by Crippen LogP contribution is 2.33.